The lowest BCUT2D eigenvalue weighted by atomic mass is 9.95. The number of amides is 1. The number of morpholine rings is 1. The maximum Gasteiger partial charge on any atom is 0.263 e. The minimum Gasteiger partial charge on any atom is -0.379 e. The molecule has 0 aromatic heterocycles. The van der Waals surface area contributed by atoms with E-state index in [4.69, 9.17) is 4.74 Å². The molecule has 146 valence electrons. The molecule has 27 heavy (non-hydrogen) atoms. The SMILES string of the molecule is CCCCCCCN1C(=O)/C(=C/NN2CCOCC2)C(=O)c2ccccc21. The Morgan fingerprint density at radius 2 is 1.81 bits per heavy atom. The number of hydrogen-bond acceptors (Lipinski definition) is 5. The Morgan fingerprint density at radius 3 is 2.59 bits per heavy atom. The van der Waals surface area contributed by atoms with Gasteiger partial charge in [0.05, 0.1) is 18.9 Å². The topological polar surface area (TPSA) is 61.9 Å². The van der Waals surface area contributed by atoms with Gasteiger partial charge in [0, 0.05) is 31.4 Å². The van der Waals surface area contributed by atoms with Gasteiger partial charge in [0.15, 0.2) is 0 Å². The maximum atomic E-state index is 13.0. The standard InChI is InChI=1S/C21H29N3O3/c1-2-3-4-5-8-11-24-19-10-7-6-9-17(19)20(25)18(21(24)26)16-22-23-12-14-27-15-13-23/h6-7,9-10,16,22H,2-5,8,11-15H2,1H3/b18-16+. The summed E-state index contributed by atoms with van der Waals surface area (Å²) in [7, 11) is 0. The van der Waals surface area contributed by atoms with Crippen LogP contribution in [0.25, 0.3) is 0 Å². The highest BCUT2D eigenvalue weighted by Gasteiger charge is 2.34. The molecule has 2 aliphatic heterocycles. The predicted molar refractivity (Wildman–Crippen MR) is 105 cm³/mol. The molecule has 2 aliphatic rings. The molecule has 0 unspecified atom stereocenters. The number of nitrogens with zero attached hydrogens (tertiary/aromatic N) is 2. The molecule has 1 amide bonds. The van der Waals surface area contributed by atoms with Gasteiger partial charge in [-0.2, -0.15) is 0 Å². The Labute approximate surface area is 161 Å². The quantitative estimate of drug-likeness (QED) is 0.432. The minimum atomic E-state index is -0.213. The summed E-state index contributed by atoms with van der Waals surface area (Å²) in [6.45, 7) is 5.57. The van der Waals surface area contributed by atoms with Gasteiger partial charge in [0.25, 0.3) is 5.91 Å². The third-order valence-corrected chi connectivity index (χ3v) is 5.05. The number of nitrogens with one attached hydrogen (secondary N) is 1. The minimum absolute atomic E-state index is 0.203. The lowest BCUT2D eigenvalue weighted by Gasteiger charge is -2.31. The summed E-state index contributed by atoms with van der Waals surface area (Å²) >= 11 is 0. The summed E-state index contributed by atoms with van der Waals surface area (Å²) in [6.07, 6.45) is 7.20. The van der Waals surface area contributed by atoms with Crippen LogP contribution in [0.3, 0.4) is 0 Å². The Balaban J connectivity index is 1.75. The van der Waals surface area contributed by atoms with Gasteiger partial charge < -0.3 is 15.1 Å². The Bertz CT molecular complexity index is 696. The highest BCUT2D eigenvalue weighted by Crippen LogP contribution is 2.30. The first-order valence-corrected chi connectivity index (χ1v) is 9.97. The van der Waals surface area contributed by atoms with E-state index in [-0.39, 0.29) is 17.3 Å². The number of carbonyl (C=O) groups excluding carboxylic acids is 2. The van der Waals surface area contributed by atoms with E-state index in [2.05, 4.69) is 12.3 Å². The molecule has 1 fully saturated rings. The van der Waals surface area contributed by atoms with Gasteiger partial charge in [-0.25, -0.2) is 5.01 Å². The third-order valence-electron chi connectivity index (χ3n) is 5.05. The van der Waals surface area contributed by atoms with Crippen LogP contribution in [0.1, 0.15) is 49.4 Å². The number of benzene rings is 1. The number of hydrazine groups is 1. The van der Waals surface area contributed by atoms with E-state index in [0.29, 0.717) is 25.3 Å². The summed E-state index contributed by atoms with van der Waals surface area (Å²) in [5.74, 6) is -0.423. The van der Waals surface area contributed by atoms with Crippen molar-refractivity contribution in [3.63, 3.8) is 0 Å². The van der Waals surface area contributed by atoms with E-state index in [1.54, 1.807) is 17.2 Å². The van der Waals surface area contributed by atoms with Gasteiger partial charge in [-0.1, -0.05) is 44.7 Å². The van der Waals surface area contributed by atoms with Gasteiger partial charge in [-0.15, -0.1) is 0 Å². The number of Topliss-reactive ketones (excluding diaryl/α,β-unsaturated/α-hetero) is 1. The van der Waals surface area contributed by atoms with Crippen LogP contribution in [0, 0.1) is 0 Å². The molecular formula is C21H29N3O3. The molecule has 1 aromatic rings. The number of hydrogen-bond donors (Lipinski definition) is 1. The molecule has 0 radical (unpaired) electrons. The maximum absolute atomic E-state index is 13.0. The predicted octanol–water partition coefficient (Wildman–Crippen LogP) is 2.91. The van der Waals surface area contributed by atoms with Gasteiger partial charge >= 0.3 is 0 Å². The summed E-state index contributed by atoms with van der Waals surface area (Å²) in [5.41, 5.74) is 4.64. The third kappa shape index (κ3) is 4.76. The molecule has 6 nitrogen and oxygen atoms in total. The van der Waals surface area contributed by atoms with Crippen LogP contribution < -0.4 is 10.3 Å². The van der Waals surface area contributed by atoms with Crippen molar-refractivity contribution in [1.82, 2.24) is 10.4 Å². The van der Waals surface area contributed by atoms with Crippen molar-refractivity contribution < 1.29 is 14.3 Å². The smallest absolute Gasteiger partial charge is 0.263 e. The second kappa shape index (κ2) is 9.67. The molecule has 0 aliphatic carbocycles. The second-order valence-corrected chi connectivity index (χ2v) is 7.00. The van der Waals surface area contributed by atoms with Crippen molar-refractivity contribution >= 4 is 17.4 Å². The second-order valence-electron chi connectivity index (χ2n) is 7.00. The zero-order valence-electron chi connectivity index (χ0n) is 16.1. The van der Waals surface area contributed by atoms with Crippen molar-refractivity contribution in [1.29, 1.82) is 0 Å². The van der Waals surface area contributed by atoms with Crippen LogP contribution in [0.15, 0.2) is 36.0 Å². The van der Waals surface area contributed by atoms with Gasteiger partial charge in [0.1, 0.15) is 5.57 Å². The van der Waals surface area contributed by atoms with Crippen molar-refractivity contribution in [2.75, 3.05) is 37.7 Å². The van der Waals surface area contributed by atoms with Crippen LogP contribution in [0.2, 0.25) is 0 Å². The largest absolute Gasteiger partial charge is 0.379 e. The number of fused-ring (bicyclic) bond motifs is 1. The van der Waals surface area contributed by atoms with E-state index in [1.807, 2.05) is 23.2 Å². The lowest BCUT2D eigenvalue weighted by molar-refractivity contribution is -0.115. The molecule has 6 heteroatoms. The number of unbranched alkanes of at least 4 members (excludes halogenated alkanes) is 4. The molecule has 3 rings (SSSR count). The number of ketones is 1. The molecule has 1 saturated heterocycles. The molecular weight excluding hydrogens is 342 g/mol. The van der Waals surface area contributed by atoms with Crippen molar-refractivity contribution in [2.45, 2.75) is 39.0 Å². The summed E-state index contributed by atoms with van der Waals surface area (Å²) in [6, 6.07) is 7.39. The molecule has 0 spiro atoms. The van der Waals surface area contributed by atoms with Crippen molar-refractivity contribution in [3.8, 4) is 0 Å². The molecule has 0 bridgehead atoms. The molecule has 0 atom stereocenters. The molecule has 1 aromatic carbocycles. The van der Waals surface area contributed by atoms with Crippen LogP contribution in [-0.4, -0.2) is 49.5 Å². The van der Waals surface area contributed by atoms with Crippen molar-refractivity contribution in [2.24, 2.45) is 0 Å². The van der Waals surface area contributed by atoms with Gasteiger partial charge in [-0.05, 0) is 18.6 Å². The number of carbonyl (C=O) groups is 2. The summed E-state index contributed by atoms with van der Waals surface area (Å²) in [5, 5.41) is 1.96. The Kier molecular flexibility index (Phi) is 7.01. The van der Waals surface area contributed by atoms with Crippen LogP contribution in [0.4, 0.5) is 5.69 Å². The Hall–Kier alpha value is -2.18. The van der Waals surface area contributed by atoms with E-state index >= 15 is 0 Å². The number of rotatable bonds is 8. The first-order chi connectivity index (χ1) is 13.2. The van der Waals surface area contributed by atoms with Crippen molar-refractivity contribution in [3.05, 3.63) is 41.6 Å². The first kappa shape index (κ1) is 19.6. The first-order valence-electron chi connectivity index (χ1n) is 9.97. The van der Waals surface area contributed by atoms with Gasteiger partial charge in [0.2, 0.25) is 5.78 Å². The fourth-order valence-electron chi connectivity index (χ4n) is 3.47. The summed E-state index contributed by atoms with van der Waals surface area (Å²) in [4.78, 5) is 27.7. The van der Waals surface area contributed by atoms with Crippen LogP contribution in [0.5, 0.6) is 0 Å². The zero-order valence-corrected chi connectivity index (χ0v) is 16.1. The lowest BCUT2D eigenvalue weighted by Crippen LogP contribution is -2.45. The zero-order chi connectivity index (χ0) is 19.1. The van der Waals surface area contributed by atoms with E-state index in [0.717, 1.165) is 31.6 Å². The summed E-state index contributed by atoms with van der Waals surface area (Å²) < 4.78 is 5.33. The van der Waals surface area contributed by atoms with Gasteiger partial charge in [-0.3, -0.25) is 9.59 Å². The van der Waals surface area contributed by atoms with E-state index < -0.39 is 0 Å². The fourth-order valence-corrected chi connectivity index (χ4v) is 3.47. The normalized spacial score (nSPS) is 19.4. The van der Waals surface area contributed by atoms with E-state index in [1.165, 1.54) is 19.3 Å². The highest BCUT2D eigenvalue weighted by molar-refractivity contribution is 6.34. The molecule has 0 saturated carbocycles. The van der Waals surface area contributed by atoms with Crippen LogP contribution >= 0.6 is 0 Å². The highest BCUT2D eigenvalue weighted by atomic mass is 16.5. The number of para-hydroxylation sites is 1. The monoisotopic (exact) mass is 371 g/mol. The van der Waals surface area contributed by atoms with Crippen LogP contribution in [-0.2, 0) is 9.53 Å². The van der Waals surface area contributed by atoms with E-state index in [9.17, 15) is 9.59 Å². The average molecular weight is 371 g/mol. The Morgan fingerprint density at radius 1 is 1.07 bits per heavy atom. The fraction of sp³-hybridized carbons (Fsp3) is 0.524. The molecule has 1 N–H and O–H groups in total. The molecule has 2 heterocycles. The number of ether oxygens (including phenoxy) is 1. The average Bonchev–Trinajstić information content (AvgIpc) is 2.71. The number of anilines is 1.